The van der Waals surface area contributed by atoms with Crippen molar-refractivity contribution in [2.45, 2.75) is 4.90 Å². The average molecular weight is 242 g/mol. The highest BCUT2D eigenvalue weighted by Gasteiger charge is 2.34. The first-order valence-electron chi connectivity index (χ1n) is 4.67. The van der Waals surface area contributed by atoms with Crippen molar-refractivity contribution in [3.8, 4) is 11.5 Å². The lowest BCUT2D eigenvalue weighted by molar-refractivity contribution is 0.354. The maximum atomic E-state index is 11.9. The Hall–Kier alpha value is -1.27. The predicted octanol–water partition coefficient (Wildman–Crippen LogP) is 0.870. The molecular weight excluding hydrogens is 230 g/mol. The summed E-state index contributed by atoms with van der Waals surface area (Å²) < 4.78 is 35.1. The van der Waals surface area contributed by atoms with E-state index < -0.39 is 10.0 Å². The number of nitrogens with zero attached hydrogens (tertiary/aromatic N) is 1. The summed E-state index contributed by atoms with van der Waals surface area (Å²) in [6, 6.07) is 4.54. The molecular formula is C10H12NO4S. The average Bonchev–Trinajstić information content (AvgIpc) is 3.12. The van der Waals surface area contributed by atoms with Gasteiger partial charge in [0.1, 0.15) is 0 Å². The molecule has 1 aliphatic rings. The van der Waals surface area contributed by atoms with Gasteiger partial charge < -0.3 is 9.47 Å². The smallest absolute Gasteiger partial charge is 0.243 e. The molecule has 0 amide bonds. The molecule has 1 fully saturated rings. The highest BCUT2D eigenvalue weighted by atomic mass is 32.2. The standard InChI is InChI=1S/C10H12NO4S/c1-14-9-4-3-8(7-10(9)15-2)16(12,13)11-5-6-11/h3-5,7H,6H2,1-2H3. The molecule has 87 valence electrons. The van der Waals surface area contributed by atoms with E-state index in [0.29, 0.717) is 18.0 Å². The summed E-state index contributed by atoms with van der Waals surface area (Å²) in [7, 11) is -0.407. The molecule has 2 rings (SSSR count). The van der Waals surface area contributed by atoms with E-state index >= 15 is 0 Å². The van der Waals surface area contributed by atoms with Gasteiger partial charge in [0, 0.05) is 12.6 Å². The third-order valence-corrected chi connectivity index (χ3v) is 4.06. The number of sulfonamides is 1. The SMILES string of the molecule is COc1ccc(S(=O)(=O)N2[CH]C2)cc1OC. The van der Waals surface area contributed by atoms with Gasteiger partial charge in [0.05, 0.1) is 25.7 Å². The van der Waals surface area contributed by atoms with E-state index in [1.165, 1.54) is 30.7 Å². The van der Waals surface area contributed by atoms with E-state index in [9.17, 15) is 8.42 Å². The number of hydrogen-bond acceptors (Lipinski definition) is 4. The van der Waals surface area contributed by atoms with Crippen molar-refractivity contribution >= 4 is 10.0 Å². The molecule has 0 bridgehead atoms. The minimum Gasteiger partial charge on any atom is -0.493 e. The minimum atomic E-state index is -3.38. The molecule has 1 atom stereocenters. The van der Waals surface area contributed by atoms with Crippen LogP contribution in [0.15, 0.2) is 23.1 Å². The summed E-state index contributed by atoms with van der Waals surface area (Å²) in [5.41, 5.74) is 0. The number of ether oxygens (including phenoxy) is 2. The molecule has 0 spiro atoms. The Kier molecular flexibility index (Phi) is 2.77. The molecule has 6 heteroatoms. The Labute approximate surface area is 94.6 Å². The molecule has 0 saturated carbocycles. The minimum absolute atomic E-state index is 0.207. The van der Waals surface area contributed by atoms with Crippen LogP contribution in [-0.4, -0.2) is 33.5 Å². The van der Waals surface area contributed by atoms with Gasteiger partial charge in [0.15, 0.2) is 11.5 Å². The van der Waals surface area contributed by atoms with E-state index in [-0.39, 0.29) is 4.90 Å². The monoisotopic (exact) mass is 242 g/mol. The molecule has 1 aliphatic heterocycles. The van der Waals surface area contributed by atoms with Crippen molar-refractivity contribution in [1.29, 1.82) is 0 Å². The Morgan fingerprint density at radius 3 is 2.31 bits per heavy atom. The summed E-state index contributed by atoms with van der Waals surface area (Å²) in [5, 5.41) is 0. The second kappa shape index (κ2) is 3.95. The van der Waals surface area contributed by atoms with Crippen molar-refractivity contribution in [2.24, 2.45) is 0 Å². The van der Waals surface area contributed by atoms with E-state index in [4.69, 9.17) is 9.47 Å². The Morgan fingerprint density at radius 2 is 1.81 bits per heavy atom. The quantitative estimate of drug-likeness (QED) is 0.735. The Bertz CT molecular complexity index is 494. The zero-order chi connectivity index (χ0) is 11.8. The topological polar surface area (TPSA) is 55.6 Å². The fourth-order valence-corrected chi connectivity index (χ4v) is 2.57. The van der Waals surface area contributed by atoms with Crippen molar-refractivity contribution in [3.05, 3.63) is 24.7 Å². The lowest BCUT2D eigenvalue weighted by Gasteiger charge is -2.10. The van der Waals surface area contributed by atoms with Crippen LogP contribution in [0.4, 0.5) is 0 Å². The van der Waals surface area contributed by atoms with Crippen molar-refractivity contribution in [3.63, 3.8) is 0 Å². The second-order valence-corrected chi connectivity index (χ2v) is 5.16. The van der Waals surface area contributed by atoms with Crippen LogP contribution in [0.3, 0.4) is 0 Å². The predicted molar refractivity (Wildman–Crippen MR) is 57.7 cm³/mol. The maximum Gasteiger partial charge on any atom is 0.243 e. The van der Waals surface area contributed by atoms with Crippen LogP contribution < -0.4 is 9.47 Å². The summed E-state index contributed by atoms with van der Waals surface area (Å²) in [4.78, 5) is 0.207. The van der Waals surface area contributed by atoms with Crippen molar-refractivity contribution < 1.29 is 17.9 Å². The lowest BCUT2D eigenvalue weighted by atomic mass is 10.3. The normalized spacial score (nSPS) is 15.9. The van der Waals surface area contributed by atoms with Crippen LogP contribution in [0.2, 0.25) is 0 Å². The molecule has 1 radical (unpaired) electrons. The first kappa shape index (κ1) is 11.2. The van der Waals surface area contributed by atoms with Crippen LogP contribution >= 0.6 is 0 Å². The summed E-state index contributed by atoms with van der Waals surface area (Å²) in [5.74, 6) is 0.918. The second-order valence-electron chi connectivity index (χ2n) is 3.27. The first-order valence-corrected chi connectivity index (χ1v) is 6.11. The Balaban J connectivity index is 2.43. The summed E-state index contributed by atoms with van der Waals surface area (Å²) in [6.45, 7) is 2.07. The fourth-order valence-electron chi connectivity index (χ4n) is 1.34. The molecule has 1 aromatic carbocycles. The van der Waals surface area contributed by atoms with Crippen LogP contribution in [0.1, 0.15) is 0 Å². The molecule has 16 heavy (non-hydrogen) atoms. The molecule has 1 heterocycles. The van der Waals surface area contributed by atoms with Gasteiger partial charge in [-0.2, -0.15) is 4.31 Å². The van der Waals surface area contributed by atoms with Gasteiger partial charge in [-0.1, -0.05) is 0 Å². The van der Waals surface area contributed by atoms with Crippen LogP contribution in [0.5, 0.6) is 11.5 Å². The number of methoxy groups -OCH3 is 2. The molecule has 1 aromatic rings. The molecule has 5 nitrogen and oxygen atoms in total. The van der Waals surface area contributed by atoms with Gasteiger partial charge in [0.25, 0.3) is 0 Å². The molecule has 0 aromatic heterocycles. The summed E-state index contributed by atoms with van der Waals surface area (Å²) >= 11 is 0. The van der Waals surface area contributed by atoms with E-state index in [0.717, 1.165) is 0 Å². The first-order chi connectivity index (χ1) is 7.59. The van der Waals surface area contributed by atoms with Crippen LogP contribution in [-0.2, 0) is 10.0 Å². The molecule has 0 aliphatic carbocycles. The highest BCUT2D eigenvalue weighted by molar-refractivity contribution is 7.89. The van der Waals surface area contributed by atoms with Crippen molar-refractivity contribution in [1.82, 2.24) is 4.31 Å². The van der Waals surface area contributed by atoms with Gasteiger partial charge >= 0.3 is 0 Å². The summed E-state index contributed by atoms with van der Waals surface area (Å²) in [6.07, 6.45) is 0. The Morgan fingerprint density at radius 1 is 1.19 bits per heavy atom. The molecule has 1 saturated heterocycles. The van der Waals surface area contributed by atoms with Crippen LogP contribution in [0, 0.1) is 6.54 Å². The maximum absolute atomic E-state index is 11.9. The van der Waals surface area contributed by atoms with E-state index in [1.807, 2.05) is 0 Å². The van der Waals surface area contributed by atoms with Gasteiger partial charge in [-0.25, -0.2) is 8.42 Å². The number of hydrogen-bond donors (Lipinski definition) is 0. The fraction of sp³-hybridized carbons (Fsp3) is 0.300. The molecule has 1 unspecified atom stereocenters. The zero-order valence-electron chi connectivity index (χ0n) is 9.00. The van der Waals surface area contributed by atoms with Crippen LogP contribution in [0.25, 0.3) is 0 Å². The molecule has 0 N–H and O–H groups in total. The number of rotatable bonds is 4. The lowest BCUT2D eigenvalue weighted by Crippen LogP contribution is -2.11. The van der Waals surface area contributed by atoms with Gasteiger partial charge in [-0.05, 0) is 12.1 Å². The largest absolute Gasteiger partial charge is 0.493 e. The van der Waals surface area contributed by atoms with Crippen molar-refractivity contribution in [2.75, 3.05) is 20.8 Å². The van der Waals surface area contributed by atoms with Gasteiger partial charge in [0.2, 0.25) is 10.0 Å². The van der Waals surface area contributed by atoms with E-state index in [1.54, 1.807) is 12.6 Å². The van der Waals surface area contributed by atoms with E-state index in [2.05, 4.69) is 0 Å². The third kappa shape index (κ3) is 1.85. The van der Waals surface area contributed by atoms with Gasteiger partial charge in [-0.3, -0.25) is 0 Å². The zero-order valence-corrected chi connectivity index (χ0v) is 9.82. The number of benzene rings is 1. The third-order valence-electron chi connectivity index (χ3n) is 2.29. The van der Waals surface area contributed by atoms with Gasteiger partial charge in [-0.15, -0.1) is 0 Å². The highest BCUT2D eigenvalue weighted by Crippen LogP contribution is 2.32.